The van der Waals surface area contributed by atoms with Crippen LogP contribution in [0.3, 0.4) is 0 Å². The van der Waals surface area contributed by atoms with E-state index in [9.17, 15) is 28.8 Å². The Morgan fingerprint density at radius 2 is 1.26 bits per heavy atom. The molecule has 0 saturated carbocycles. The van der Waals surface area contributed by atoms with Crippen LogP contribution in [0.25, 0.3) is 0 Å². The molecule has 1 aromatic rings. The van der Waals surface area contributed by atoms with Crippen LogP contribution in [0.4, 0.5) is 0 Å². The number of benzene rings is 1. The van der Waals surface area contributed by atoms with Gasteiger partial charge in [-0.05, 0) is 55.8 Å². The molecule has 4 atom stereocenters. The number of nitrogens with one attached hydrogen (secondary N) is 1. The molecule has 17 heteroatoms. The molecule has 1 amide bonds. The summed E-state index contributed by atoms with van der Waals surface area (Å²) in [6.07, 6.45) is 1.67. The first-order chi connectivity index (χ1) is 19.8. The lowest BCUT2D eigenvalue weighted by Crippen LogP contribution is -2.39. The van der Waals surface area contributed by atoms with E-state index in [1.54, 1.807) is 26.0 Å². The summed E-state index contributed by atoms with van der Waals surface area (Å²) < 4.78 is 0. The van der Waals surface area contributed by atoms with Crippen molar-refractivity contribution in [2.24, 2.45) is 28.9 Å². The molecule has 15 N–H and O–H groups in total. The van der Waals surface area contributed by atoms with Crippen molar-refractivity contribution in [2.45, 2.75) is 77.0 Å². The second-order valence-corrected chi connectivity index (χ2v) is 9.34. The van der Waals surface area contributed by atoms with Gasteiger partial charge in [0.1, 0.15) is 29.9 Å². The summed E-state index contributed by atoms with van der Waals surface area (Å²) in [5, 5.41) is 52.8. The van der Waals surface area contributed by atoms with Crippen LogP contribution in [0.5, 0.6) is 5.75 Å². The zero-order valence-corrected chi connectivity index (χ0v) is 24.4. The Bertz CT molecular complexity index is 1000. The van der Waals surface area contributed by atoms with E-state index in [1.807, 2.05) is 0 Å². The smallest absolute Gasteiger partial charge is 0.326 e. The van der Waals surface area contributed by atoms with Crippen LogP contribution in [0.2, 0.25) is 0 Å². The van der Waals surface area contributed by atoms with Gasteiger partial charge < -0.3 is 58.9 Å². The van der Waals surface area contributed by atoms with E-state index in [2.05, 4.69) is 5.32 Å². The third-order valence-corrected chi connectivity index (χ3v) is 5.05. The first kappa shape index (κ1) is 43.1. The molecule has 0 bridgehead atoms. The van der Waals surface area contributed by atoms with Gasteiger partial charge in [-0.15, -0.1) is 0 Å². The van der Waals surface area contributed by atoms with E-state index in [0.29, 0.717) is 19.4 Å². The number of carbonyl (C=O) groups is 6. The molecule has 0 fully saturated rings. The van der Waals surface area contributed by atoms with Crippen LogP contribution < -0.4 is 28.3 Å². The number of hydrogen-bond acceptors (Lipinski definition) is 11. The summed E-state index contributed by atoms with van der Waals surface area (Å²) in [5.74, 6) is -5.58. The molecule has 0 aliphatic rings. The van der Waals surface area contributed by atoms with Gasteiger partial charge in [-0.25, -0.2) is 4.79 Å². The second kappa shape index (κ2) is 24.3. The first-order valence-electron chi connectivity index (χ1n) is 12.9. The third kappa shape index (κ3) is 26.3. The number of nitrogens with two attached hydrogens (primary N) is 4. The molecule has 0 aromatic heterocycles. The molecule has 0 aliphatic heterocycles. The Morgan fingerprint density at radius 1 is 0.767 bits per heavy atom. The molecule has 1 rings (SSSR count). The highest BCUT2D eigenvalue weighted by Gasteiger charge is 2.17. The van der Waals surface area contributed by atoms with Gasteiger partial charge in [-0.2, -0.15) is 0 Å². The fourth-order valence-corrected chi connectivity index (χ4v) is 2.53. The number of amides is 1. The first-order valence-corrected chi connectivity index (χ1v) is 12.9. The van der Waals surface area contributed by atoms with Gasteiger partial charge in [0.15, 0.2) is 0 Å². The van der Waals surface area contributed by atoms with Crippen molar-refractivity contribution < 1.29 is 59.4 Å². The maximum atomic E-state index is 10.6. The number of carboxylic acids is 5. The lowest BCUT2D eigenvalue weighted by atomic mass is 10.1. The third-order valence-electron chi connectivity index (χ3n) is 5.05. The van der Waals surface area contributed by atoms with Gasteiger partial charge in [0, 0.05) is 6.92 Å². The quantitative estimate of drug-likeness (QED) is 0.111. The van der Waals surface area contributed by atoms with E-state index in [1.165, 1.54) is 19.1 Å². The predicted octanol–water partition coefficient (Wildman–Crippen LogP) is -1.02. The van der Waals surface area contributed by atoms with Gasteiger partial charge in [0.25, 0.3) is 0 Å². The Kier molecular flexibility index (Phi) is 24.4. The summed E-state index contributed by atoms with van der Waals surface area (Å²) in [5.41, 5.74) is 21.4. The normalized spacial score (nSPS) is 12.7. The Morgan fingerprint density at radius 3 is 1.53 bits per heavy atom. The molecule has 1 aromatic carbocycles. The van der Waals surface area contributed by atoms with Gasteiger partial charge in [0.05, 0.1) is 6.42 Å². The highest BCUT2D eigenvalue weighted by molar-refractivity contribution is 5.82. The molecule has 0 saturated heterocycles. The molecule has 0 heterocycles. The van der Waals surface area contributed by atoms with Gasteiger partial charge in [-0.3, -0.25) is 24.0 Å². The standard InChI is InChI=1S/C9H11NO3.C8H16N2O3.C5H11NO2.C4H7NO4/c10-8(9(12)13)5-6-1-3-7(11)4-2-6;1-6(11)10-7(8(12)13)4-2-3-5-9;1-3(2)4(6)5(7)8;5-2(4(8)9)1-3(6)7/h1-4,8,11H,5,10H2,(H,12,13);7H,2-5,9H2,1H3,(H,10,11)(H,12,13);3-4H,6H2,1-2H3,(H,7,8);2H,1,5H2,(H,6,7)(H,8,9)/t8-;7-;4-;2-/m0000/s1. The zero-order chi connectivity index (χ0) is 34.3. The van der Waals surface area contributed by atoms with E-state index < -0.39 is 60.4 Å². The van der Waals surface area contributed by atoms with E-state index >= 15 is 0 Å². The predicted molar refractivity (Wildman–Crippen MR) is 154 cm³/mol. The molecule has 0 unspecified atom stereocenters. The fourth-order valence-electron chi connectivity index (χ4n) is 2.53. The van der Waals surface area contributed by atoms with Crippen LogP contribution in [0.1, 0.15) is 52.0 Å². The van der Waals surface area contributed by atoms with Crippen LogP contribution in [-0.2, 0) is 35.2 Å². The number of carboxylic acid groups (broad SMARTS) is 5. The van der Waals surface area contributed by atoms with Crippen molar-refractivity contribution in [1.82, 2.24) is 5.32 Å². The average molecular weight is 620 g/mol. The van der Waals surface area contributed by atoms with Crippen molar-refractivity contribution in [2.75, 3.05) is 6.54 Å². The number of aromatic hydroxyl groups is 1. The van der Waals surface area contributed by atoms with Crippen LogP contribution >= 0.6 is 0 Å². The molecule has 43 heavy (non-hydrogen) atoms. The molecular formula is C26H45N5O12. The monoisotopic (exact) mass is 619 g/mol. The molecule has 17 nitrogen and oxygen atoms in total. The zero-order valence-electron chi connectivity index (χ0n) is 24.4. The van der Waals surface area contributed by atoms with Gasteiger partial charge >= 0.3 is 29.8 Å². The number of phenols is 1. The number of carbonyl (C=O) groups excluding carboxylic acids is 1. The van der Waals surface area contributed by atoms with Crippen molar-refractivity contribution in [3.05, 3.63) is 29.8 Å². The molecule has 246 valence electrons. The lowest BCUT2D eigenvalue weighted by Gasteiger charge is -2.12. The number of unbranched alkanes of at least 4 members (excludes halogenated alkanes) is 1. The minimum Gasteiger partial charge on any atom is -0.508 e. The summed E-state index contributed by atoms with van der Waals surface area (Å²) in [4.78, 5) is 61.2. The van der Waals surface area contributed by atoms with Crippen molar-refractivity contribution >= 4 is 35.8 Å². The second-order valence-electron chi connectivity index (χ2n) is 9.34. The van der Waals surface area contributed by atoms with Gasteiger partial charge in [-0.1, -0.05) is 26.0 Å². The molecule has 0 aliphatic carbocycles. The summed E-state index contributed by atoms with van der Waals surface area (Å²) >= 11 is 0. The van der Waals surface area contributed by atoms with Gasteiger partial charge in [0.2, 0.25) is 5.91 Å². The van der Waals surface area contributed by atoms with Crippen molar-refractivity contribution in [3.8, 4) is 5.75 Å². The van der Waals surface area contributed by atoms with E-state index in [-0.39, 0.29) is 24.0 Å². The minimum atomic E-state index is -1.29. The van der Waals surface area contributed by atoms with Crippen LogP contribution in [-0.4, -0.2) is 97.1 Å². The van der Waals surface area contributed by atoms with Crippen LogP contribution in [0, 0.1) is 5.92 Å². The van der Waals surface area contributed by atoms with Crippen molar-refractivity contribution in [3.63, 3.8) is 0 Å². The number of rotatable bonds is 14. The topological polar surface area (TPSA) is 340 Å². The number of aliphatic carboxylic acids is 5. The Hall–Kier alpha value is -4.32. The van der Waals surface area contributed by atoms with Crippen LogP contribution in [0.15, 0.2) is 24.3 Å². The van der Waals surface area contributed by atoms with E-state index in [4.69, 9.17) is 53.6 Å². The maximum Gasteiger partial charge on any atom is 0.326 e. The molecular weight excluding hydrogens is 574 g/mol. The molecule has 0 radical (unpaired) electrons. The Labute approximate surface area is 248 Å². The fraction of sp³-hybridized carbons (Fsp3) is 0.538. The Balaban J connectivity index is -0.000000507. The molecule has 0 spiro atoms. The highest BCUT2D eigenvalue weighted by atomic mass is 16.4. The number of hydrogen-bond donors (Lipinski definition) is 11. The number of phenolic OH excluding ortho intramolecular Hbond substituents is 1. The summed E-state index contributed by atoms with van der Waals surface area (Å²) in [6, 6.07) is 2.65. The van der Waals surface area contributed by atoms with Crippen molar-refractivity contribution in [1.29, 1.82) is 0 Å². The summed E-state index contributed by atoms with van der Waals surface area (Å²) in [6.45, 7) is 5.41. The maximum absolute atomic E-state index is 10.6. The largest absolute Gasteiger partial charge is 0.508 e. The van der Waals surface area contributed by atoms with E-state index in [0.717, 1.165) is 12.0 Å². The minimum absolute atomic E-state index is 0.0208. The highest BCUT2D eigenvalue weighted by Crippen LogP contribution is 2.10. The lowest BCUT2D eigenvalue weighted by molar-refractivity contribution is -0.144. The summed E-state index contributed by atoms with van der Waals surface area (Å²) in [7, 11) is 0. The SMILES string of the molecule is CC(=O)N[C@@H](CCCCN)C(=O)O.CC(C)[C@H](N)C(=O)O.N[C@@H](CC(=O)O)C(=O)O.N[C@@H](Cc1ccc(O)cc1)C(=O)O. The average Bonchev–Trinajstić information content (AvgIpc) is 2.89.